The largest absolute Gasteiger partial charge is 0.508 e. The number of nitrogens with zero attached hydrogens (tertiary/aromatic N) is 3. The molecule has 0 spiro atoms. The van der Waals surface area contributed by atoms with Gasteiger partial charge in [-0.15, -0.1) is 0 Å². The molecule has 0 saturated carbocycles. The van der Waals surface area contributed by atoms with E-state index < -0.39 is 12.1 Å². The van der Waals surface area contributed by atoms with Gasteiger partial charge in [0.1, 0.15) is 30.0 Å². The van der Waals surface area contributed by atoms with Crippen LogP contribution in [0.2, 0.25) is 0 Å². The maximum Gasteiger partial charge on any atom is 0.286 e. The minimum Gasteiger partial charge on any atom is -0.508 e. The summed E-state index contributed by atoms with van der Waals surface area (Å²) in [5.41, 5.74) is 7.96. The molecule has 6 N–H and O–H groups in total. The zero-order valence-corrected chi connectivity index (χ0v) is 22.2. The van der Waals surface area contributed by atoms with Gasteiger partial charge >= 0.3 is 0 Å². The molecule has 1 saturated heterocycles. The molecule has 1 fully saturated rings. The van der Waals surface area contributed by atoms with Crippen LogP contribution in [0, 0.1) is 5.41 Å². The number of carbonyl (C=O) groups excluding carboxylic acids is 1. The average Bonchev–Trinajstić information content (AvgIpc) is 2.86. The lowest BCUT2D eigenvalue weighted by Gasteiger charge is -2.32. The fourth-order valence-corrected chi connectivity index (χ4v) is 4.30. The van der Waals surface area contributed by atoms with E-state index in [4.69, 9.17) is 15.9 Å². The van der Waals surface area contributed by atoms with E-state index in [2.05, 4.69) is 22.2 Å². The Morgan fingerprint density at radius 2 is 1.73 bits per heavy atom. The monoisotopic (exact) mass is 512 g/mol. The predicted molar refractivity (Wildman–Crippen MR) is 146 cm³/mol. The third kappa shape index (κ3) is 7.12. The number of phenolic OH excluding ortho intramolecular Hbond substituents is 2. The van der Waals surface area contributed by atoms with E-state index in [-0.39, 0.29) is 23.3 Å². The van der Waals surface area contributed by atoms with Crippen molar-refractivity contribution in [3.05, 3.63) is 47.5 Å². The molecule has 2 aromatic rings. The Hall–Kier alpha value is -3.34. The molecule has 0 bridgehead atoms. The zero-order valence-electron chi connectivity index (χ0n) is 22.2. The molecule has 10 nitrogen and oxygen atoms in total. The van der Waals surface area contributed by atoms with Gasteiger partial charge in [-0.25, -0.2) is 0 Å². The highest BCUT2D eigenvalue weighted by atomic mass is 16.5. The number of amidine groups is 1. The van der Waals surface area contributed by atoms with Crippen LogP contribution < -0.4 is 20.7 Å². The first-order valence-electron chi connectivity index (χ1n) is 12.7. The summed E-state index contributed by atoms with van der Waals surface area (Å²) in [6.45, 7) is 11.5. The first-order chi connectivity index (χ1) is 17.6. The fourth-order valence-electron chi connectivity index (χ4n) is 4.30. The van der Waals surface area contributed by atoms with Crippen LogP contribution in [0.5, 0.6) is 17.2 Å². The van der Waals surface area contributed by atoms with Crippen LogP contribution in [0.1, 0.15) is 44.0 Å². The van der Waals surface area contributed by atoms with Crippen LogP contribution in [0.3, 0.4) is 0 Å². The quantitative estimate of drug-likeness (QED) is 0.196. The number of benzene rings is 2. The molecular weight excluding hydrogens is 472 g/mol. The molecule has 1 amide bonds. The van der Waals surface area contributed by atoms with Gasteiger partial charge in [0.15, 0.2) is 5.84 Å². The molecule has 1 heterocycles. The van der Waals surface area contributed by atoms with Crippen LogP contribution in [0.25, 0.3) is 0 Å². The Morgan fingerprint density at radius 3 is 2.32 bits per heavy atom. The number of aromatic hydroxyl groups is 2. The molecular formula is C27H40N6O4. The van der Waals surface area contributed by atoms with E-state index in [0.717, 1.165) is 32.7 Å². The number of nitrogens with two attached hydrogens (primary N) is 1. The van der Waals surface area contributed by atoms with E-state index in [1.54, 1.807) is 37.3 Å². The Bertz CT molecular complexity index is 1070. The predicted octanol–water partition coefficient (Wildman–Crippen LogP) is 2.42. The molecule has 3 rings (SSSR count). The number of amides is 1. The van der Waals surface area contributed by atoms with Crippen molar-refractivity contribution in [2.45, 2.75) is 32.9 Å². The maximum absolute atomic E-state index is 12.6. The highest BCUT2D eigenvalue weighted by molar-refractivity contribution is 6.41. The van der Waals surface area contributed by atoms with Gasteiger partial charge in [0.05, 0.1) is 0 Å². The number of hydrogen-bond donors (Lipinski definition) is 5. The summed E-state index contributed by atoms with van der Waals surface area (Å²) in [7, 11) is 2.13. The van der Waals surface area contributed by atoms with Crippen LogP contribution in [0.4, 0.5) is 5.69 Å². The molecule has 10 heteroatoms. The van der Waals surface area contributed by atoms with Gasteiger partial charge in [0.2, 0.25) is 0 Å². The van der Waals surface area contributed by atoms with Crippen molar-refractivity contribution < 1.29 is 19.7 Å². The first-order valence-corrected chi connectivity index (χ1v) is 12.7. The summed E-state index contributed by atoms with van der Waals surface area (Å²) in [6, 6.07) is 9.89. The third-order valence-corrected chi connectivity index (χ3v) is 6.58. The van der Waals surface area contributed by atoms with Gasteiger partial charge in [0.25, 0.3) is 5.91 Å². The summed E-state index contributed by atoms with van der Waals surface area (Å²) in [4.78, 5) is 18.7. The number of rotatable bonds is 9. The van der Waals surface area contributed by atoms with Gasteiger partial charge in [-0.1, -0.05) is 13.8 Å². The van der Waals surface area contributed by atoms with Crippen LogP contribution >= 0.6 is 0 Å². The summed E-state index contributed by atoms with van der Waals surface area (Å²) in [5, 5.41) is 32.0. The van der Waals surface area contributed by atoms with Gasteiger partial charge in [-0.05, 0) is 55.8 Å². The number of anilines is 1. The molecule has 37 heavy (non-hydrogen) atoms. The molecule has 2 aromatic carbocycles. The molecule has 0 aliphatic carbocycles. The van der Waals surface area contributed by atoms with Crippen LogP contribution in [-0.4, -0.2) is 84.7 Å². The lowest BCUT2D eigenvalue weighted by Crippen LogP contribution is -2.47. The number of piperazine rings is 1. The van der Waals surface area contributed by atoms with E-state index >= 15 is 0 Å². The third-order valence-electron chi connectivity index (χ3n) is 6.58. The van der Waals surface area contributed by atoms with Crippen molar-refractivity contribution in [1.82, 2.24) is 15.1 Å². The molecule has 0 radical (unpaired) electrons. The highest BCUT2D eigenvalue weighted by Gasteiger charge is 2.28. The van der Waals surface area contributed by atoms with Crippen molar-refractivity contribution >= 4 is 17.4 Å². The molecule has 1 atom stereocenters. The smallest absolute Gasteiger partial charge is 0.286 e. The highest BCUT2D eigenvalue weighted by Crippen LogP contribution is 2.37. The number of carbonyl (C=O) groups is 1. The lowest BCUT2D eigenvalue weighted by atomic mass is 9.97. The van der Waals surface area contributed by atoms with Crippen molar-refractivity contribution in [2.75, 3.05) is 57.8 Å². The fraction of sp³-hybridized carbons (Fsp3) is 0.481. The van der Waals surface area contributed by atoms with E-state index in [1.165, 1.54) is 11.0 Å². The number of ether oxygens (including phenoxy) is 1. The first kappa shape index (κ1) is 28.2. The maximum atomic E-state index is 12.6. The minimum atomic E-state index is -1.06. The second kappa shape index (κ2) is 12.8. The minimum absolute atomic E-state index is 0.0230. The second-order valence-electron chi connectivity index (χ2n) is 9.63. The molecule has 1 aliphatic rings. The summed E-state index contributed by atoms with van der Waals surface area (Å²) >= 11 is 0. The van der Waals surface area contributed by atoms with Crippen molar-refractivity contribution in [3.8, 4) is 17.2 Å². The zero-order chi connectivity index (χ0) is 27.1. The van der Waals surface area contributed by atoms with E-state index in [9.17, 15) is 15.0 Å². The Morgan fingerprint density at radius 1 is 1.11 bits per heavy atom. The van der Waals surface area contributed by atoms with Gasteiger partial charge in [0, 0.05) is 56.6 Å². The number of likely N-dealkylation sites (N-methyl/N-ethyl adjacent to an activating group) is 2. The second-order valence-corrected chi connectivity index (χ2v) is 9.63. The number of hydrogen-bond acceptors (Lipinski definition) is 8. The molecule has 202 valence electrons. The number of phenols is 2. The van der Waals surface area contributed by atoms with Gasteiger partial charge in [-0.2, -0.15) is 0 Å². The van der Waals surface area contributed by atoms with Gasteiger partial charge < -0.3 is 35.8 Å². The lowest BCUT2D eigenvalue weighted by molar-refractivity contribution is -0.114. The summed E-state index contributed by atoms with van der Waals surface area (Å²) in [6.07, 6.45) is -1.06. The normalized spacial score (nSPS) is 15.4. The van der Waals surface area contributed by atoms with Crippen molar-refractivity contribution in [2.24, 2.45) is 5.73 Å². The Balaban J connectivity index is 1.81. The SMILES string of the molecule is CCNC(=O)C(=N)N(c1ccc(OCCN2CCN(C)CC2)cc1)C(N)c1cc(C(C)C)c(O)cc1O. The van der Waals surface area contributed by atoms with E-state index in [1.807, 2.05) is 13.8 Å². The van der Waals surface area contributed by atoms with E-state index in [0.29, 0.717) is 35.7 Å². The van der Waals surface area contributed by atoms with Crippen molar-refractivity contribution in [1.29, 1.82) is 5.41 Å². The number of nitrogens with one attached hydrogen (secondary N) is 2. The summed E-state index contributed by atoms with van der Waals surface area (Å²) in [5.74, 6) is -0.557. The van der Waals surface area contributed by atoms with Crippen LogP contribution in [-0.2, 0) is 4.79 Å². The molecule has 1 unspecified atom stereocenters. The van der Waals surface area contributed by atoms with Gasteiger partial charge in [-0.3, -0.25) is 15.1 Å². The van der Waals surface area contributed by atoms with Crippen molar-refractivity contribution in [3.63, 3.8) is 0 Å². The topological polar surface area (TPSA) is 138 Å². The standard InChI is InChI=1S/C27H40N6O4/c1-5-30-27(36)26(29)33(25(28)22-16-21(18(2)3)23(34)17-24(22)35)19-6-8-20(9-7-19)37-15-14-32-12-10-31(4)11-13-32/h6-9,16-18,25,29,34-35H,5,10-15,28H2,1-4H3,(H,30,36). The molecule has 1 aliphatic heterocycles. The summed E-state index contributed by atoms with van der Waals surface area (Å²) < 4.78 is 5.93. The molecule has 0 aromatic heterocycles. The van der Waals surface area contributed by atoms with Crippen LogP contribution in [0.15, 0.2) is 36.4 Å². The Kier molecular flexibility index (Phi) is 9.73. The Labute approximate surface area is 219 Å². The average molecular weight is 513 g/mol.